The van der Waals surface area contributed by atoms with Crippen LogP contribution in [0.2, 0.25) is 0 Å². The van der Waals surface area contributed by atoms with Crippen molar-refractivity contribution in [3.05, 3.63) is 58.1 Å². The Labute approximate surface area is 190 Å². The molecule has 1 saturated heterocycles. The molecule has 2 unspecified atom stereocenters. The molecule has 0 bridgehead atoms. The van der Waals surface area contributed by atoms with Gasteiger partial charge in [-0.3, -0.25) is 0 Å². The Bertz CT molecular complexity index is 887. The molecule has 7 nitrogen and oxygen atoms in total. The quantitative estimate of drug-likeness (QED) is 0.556. The van der Waals surface area contributed by atoms with Crippen molar-refractivity contribution in [1.29, 1.82) is 0 Å². The van der Waals surface area contributed by atoms with Gasteiger partial charge in [0.05, 0.1) is 6.04 Å². The number of aliphatic hydroxyl groups excluding tert-OH is 1. The second-order valence-electron chi connectivity index (χ2n) is 7.92. The third-order valence-electron chi connectivity index (χ3n) is 5.63. The minimum atomic E-state index is -0.866. The van der Waals surface area contributed by atoms with Gasteiger partial charge in [-0.15, -0.1) is 0 Å². The van der Waals surface area contributed by atoms with Gasteiger partial charge < -0.3 is 30.1 Å². The molecule has 2 aliphatic heterocycles. The van der Waals surface area contributed by atoms with Crippen LogP contribution in [0.5, 0.6) is 11.5 Å². The normalized spacial score (nSPS) is 17.7. The molecule has 1 fully saturated rings. The molecule has 2 amide bonds. The topological polar surface area (TPSA) is 83.1 Å². The van der Waals surface area contributed by atoms with Crippen molar-refractivity contribution in [2.75, 3.05) is 32.8 Å². The smallest absolute Gasteiger partial charge is 0.315 e. The minimum absolute atomic E-state index is 0.302. The fourth-order valence-electron chi connectivity index (χ4n) is 3.95. The van der Waals surface area contributed by atoms with Crippen LogP contribution >= 0.6 is 15.9 Å². The summed E-state index contributed by atoms with van der Waals surface area (Å²) in [7, 11) is 0. The molecule has 8 heteroatoms. The number of hydrogen-bond acceptors (Lipinski definition) is 5. The van der Waals surface area contributed by atoms with Crippen molar-refractivity contribution in [2.45, 2.75) is 31.5 Å². The molecule has 4 rings (SSSR count). The Morgan fingerprint density at radius 1 is 1.06 bits per heavy atom. The first-order chi connectivity index (χ1) is 15.1. The summed E-state index contributed by atoms with van der Waals surface area (Å²) in [6.07, 6.45) is 1.42. The van der Waals surface area contributed by atoms with E-state index in [1.807, 2.05) is 36.4 Å². The highest BCUT2D eigenvalue weighted by Crippen LogP contribution is 2.33. The summed E-state index contributed by atoms with van der Waals surface area (Å²) in [5.41, 5.74) is 1.70. The van der Waals surface area contributed by atoms with Crippen LogP contribution in [-0.2, 0) is 6.54 Å². The van der Waals surface area contributed by atoms with E-state index in [-0.39, 0.29) is 6.03 Å². The number of nitrogens with one attached hydrogen (secondary N) is 2. The van der Waals surface area contributed by atoms with E-state index in [1.54, 1.807) is 6.07 Å². The van der Waals surface area contributed by atoms with Crippen molar-refractivity contribution in [3.8, 4) is 11.5 Å². The molecule has 31 heavy (non-hydrogen) atoms. The number of benzene rings is 2. The predicted octanol–water partition coefficient (Wildman–Crippen LogP) is 3.22. The van der Waals surface area contributed by atoms with Crippen LogP contribution in [0, 0.1) is 0 Å². The van der Waals surface area contributed by atoms with Crippen LogP contribution < -0.4 is 20.1 Å². The number of likely N-dealkylation sites (tertiary alicyclic amines) is 1. The number of urea groups is 1. The van der Waals surface area contributed by atoms with Gasteiger partial charge in [-0.2, -0.15) is 0 Å². The third kappa shape index (κ3) is 5.90. The van der Waals surface area contributed by atoms with E-state index < -0.39 is 12.1 Å². The third-order valence-corrected chi connectivity index (χ3v) is 6.15. The summed E-state index contributed by atoms with van der Waals surface area (Å²) < 4.78 is 12.2. The molecule has 166 valence electrons. The average Bonchev–Trinajstić information content (AvgIpc) is 3.30. The molecule has 0 aromatic heterocycles. The highest BCUT2D eigenvalue weighted by atomic mass is 79.9. The maximum atomic E-state index is 12.6. The maximum absolute atomic E-state index is 12.6. The fraction of sp³-hybridized carbons (Fsp3) is 0.435. The van der Waals surface area contributed by atoms with Gasteiger partial charge in [-0.25, -0.2) is 4.79 Å². The summed E-state index contributed by atoms with van der Waals surface area (Å²) in [6.45, 7) is 3.96. The van der Waals surface area contributed by atoms with Crippen molar-refractivity contribution < 1.29 is 19.4 Å². The van der Waals surface area contributed by atoms with E-state index in [4.69, 9.17) is 9.47 Å². The minimum Gasteiger partial charge on any atom is -0.486 e. The van der Waals surface area contributed by atoms with Crippen LogP contribution in [0.1, 0.15) is 30.1 Å². The highest BCUT2D eigenvalue weighted by molar-refractivity contribution is 9.10. The molecule has 2 atom stereocenters. The predicted molar refractivity (Wildman–Crippen MR) is 121 cm³/mol. The number of carbonyl (C=O) groups excluding carboxylic acids is 1. The molecule has 3 N–H and O–H groups in total. The summed E-state index contributed by atoms with van der Waals surface area (Å²) in [6, 6.07) is 12.5. The Morgan fingerprint density at radius 2 is 1.77 bits per heavy atom. The van der Waals surface area contributed by atoms with E-state index in [0.29, 0.717) is 43.4 Å². The maximum Gasteiger partial charge on any atom is 0.315 e. The van der Waals surface area contributed by atoms with Gasteiger partial charge in [-0.05, 0) is 61.3 Å². The number of amides is 2. The number of aliphatic hydroxyl groups is 1. The van der Waals surface area contributed by atoms with Gasteiger partial charge in [0.15, 0.2) is 11.5 Å². The van der Waals surface area contributed by atoms with Crippen molar-refractivity contribution in [3.63, 3.8) is 0 Å². The van der Waals surface area contributed by atoms with Gasteiger partial charge in [0, 0.05) is 17.6 Å². The lowest BCUT2D eigenvalue weighted by Gasteiger charge is -2.29. The van der Waals surface area contributed by atoms with Gasteiger partial charge in [0.1, 0.15) is 19.3 Å². The lowest BCUT2D eigenvalue weighted by molar-refractivity contribution is 0.108. The Kier molecular flexibility index (Phi) is 7.32. The number of ether oxygens (including phenoxy) is 2. The van der Waals surface area contributed by atoms with E-state index in [9.17, 15) is 9.90 Å². The summed E-state index contributed by atoms with van der Waals surface area (Å²) in [4.78, 5) is 14.9. The molecule has 2 aromatic carbocycles. The number of fused-ring (bicyclic) bond motifs is 1. The summed E-state index contributed by atoms with van der Waals surface area (Å²) >= 11 is 3.41. The first-order valence-electron chi connectivity index (χ1n) is 10.7. The van der Waals surface area contributed by atoms with Gasteiger partial charge in [0.25, 0.3) is 0 Å². The number of carbonyl (C=O) groups is 1. The second-order valence-corrected chi connectivity index (χ2v) is 8.83. The Balaban J connectivity index is 1.42. The number of nitrogens with zero attached hydrogens (tertiary/aromatic N) is 1. The molecule has 0 spiro atoms. The monoisotopic (exact) mass is 489 g/mol. The Morgan fingerprint density at radius 3 is 2.52 bits per heavy atom. The van der Waals surface area contributed by atoms with Crippen LogP contribution in [0.3, 0.4) is 0 Å². The molecular formula is C23H28BrN3O4. The Hall–Kier alpha value is -2.29. The molecule has 2 aliphatic rings. The zero-order chi connectivity index (χ0) is 21.6. The van der Waals surface area contributed by atoms with E-state index in [2.05, 4.69) is 31.5 Å². The van der Waals surface area contributed by atoms with Crippen molar-refractivity contribution in [1.82, 2.24) is 15.5 Å². The zero-order valence-electron chi connectivity index (χ0n) is 17.4. The molecular weight excluding hydrogens is 462 g/mol. The first kappa shape index (κ1) is 21.9. The van der Waals surface area contributed by atoms with E-state index >= 15 is 0 Å². The van der Waals surface area contributed by atoms with Gasteiger partial charge in [-0.1, -0.05) is 34.1 Å². The van der Waals surface area contributed by atoms with Gasteiger partial charge >= 0.3 is 6.03 Å². The fourth-order valence-corrected chi connectivity index (χ4v) is 4.21. The van der Waals surface area contributed by atoms with Crippen molar-refractivity contribution in [2.24, 2.45) is 0 Å². The van der Waals surface area contributed by atoms with Crippen LogP contribution in [-0.4, -0.2) is 54.9 Å². The summed E-state index contributed by atoms with van der Waals surface area (Å²) in [5.74, 6) is 1.31. The van der Waals surface area contributed by atoms with Gasteiger partial charge in [0.2, 0.25) is 0 Å². The average molecular weight is 490 g/mol. The molecule has 2 heterocycles. The van der Waals surface area contributed by atoms with E-state index in [0.717, 1.165) is 36.0 Å². The van der Waals surface area contributed by atoms with Crippen LogP contribution in [0.4, 0.5) is 4.79 Å². The number of rotatable bonds is 7. The largest absolute Gasteiger partial charge is 0.486 e. The lowest BCUT2D eigenvalue weighted by atomic mass is 10.0. The molecule has 0 aliphatic carbocycles. The lowest BCUT2D eigenvalue weighted by Crippen LogP contribution is -2.49. The molecule has 0 radical (unpaired) electrons. The van der Waals surface area contributed by atoms with Crippen molar-refractivity contribution >= 4 is 22.0 Å². The molecule has 0 saturated carbocycles. The van der Waals surface area contributed by atoms with Crippen LogP contribution in [0.15, 0.2) is 46.9 Å². The highest BCUT2D eigenvalue weighted by Gasteiger charge is 2.27. The summed E-state index contributed by atoms with van der Waals surface area (Å²) in [5, 5.41) is 17.0. The molecule has 2 aromatic rings. The number of halogens is 1. The zero-order valence-corrected chi connectivity index (χ0v) is 18.9. The standard InChI is InChI=1S/C23H28BrN3O4/c24-18-6-3-16(4-7-18)14-25-23(29)26-19(15-27-9-1-2-10-27)22(28)17-5-8-20-21(13-17)31-12-11-30-20/h3-8,13,19,22,28H,1-2,9-12,14-15H2,(H2,25,26,29). The SMILES string of the molecule is O=C(NCc1ccc(Br)cc1)NC(CN1CCCC1)C(O)c1ccc2c(c1)OCCO2. The first-order valence-corrected chi connectivity index (χ1v) is 11.5. The second kappa shape index (κ2) is 10.3. The van der Waals surface area contributed by atoms with Crippen LogP contribution in [0.25, 0.3) is 0 Å². The van der Waals surface area contributed by atoms with E-state index in [1.165, 1.54) is 0 Å². The number of hydrogen-bond donors (Lipinski definition) is 3.